The SMILES string of the molecule is COCCNC(=O)c1ccc(N(C)S(=O)(=O)c2ccc(OC)cc2)c(C)c1. The van der Waals surface area contributed by atoms with E-state index >= 15 is 0 Å². The number of nitrogens with one attached hydrogen (secondary N) is 1. The summed E-state index contributed by atoms with van der Waals surface area (Å²) < 4.78 is 36.9. The quantitative estimate of drug-likeness (QED) is 0.696. The maximum Gasteiger partial charge on any atom is 0.264 e. The first-order valence-electron chi connectivity index (χ1n) is 8.32. The first-order chi connectivity index (χ1) is 12.8. The Kier molecular flexibility index (Phi) is 6.81. The average molecular weight is 392 g/mol. The van der Waals surface area contributed by atoms with Gasteiger partial charge in [-0.05, 0) is 55.0 Å². The summed E-state index contributed by atoms with van der Waals surface area (Å²) in [5.41, 5.74) is 1.64. The maximum absolute atomic E-state index is 12.9. The van der Waals surface area contributed by atoms with Crippen LogP contribution in [0.5, 0.6) is 5.75 Å². The Hall–Kier alpha value is -2.58. The van der Waals surface area contributed by atoms with Crippen LogP contribution in [-0.2, 0) is 14.8 Å². The largest absolute Gasteiger partial charge is 0.497 e. The summed E-state index contributed by atoms with van der Waals surface area (Å²) in [4.78, 5) is 12.3. The van der Waals surface area contributed by atoms with E-state index in [-0.39, 0.29) is 10.8 Å². The van der Waals surface area contributed by atoms with Crippen molar-refractivity contribution in [1.82, 2.24) is 5.32 Å². The minimum atomic E-state index is -3.73. The standard InChI is InChI=1S/C19H24N2O5S/c1-14-13-15(19(22)20-11-12-25-3)5-10-18(14)21(2)27(23,24)17-8-6-16(26-4)7-9-17/h5-10,13H,11-12H2,1-4H3,(H,20,22). The van der Waals surface area contributed by atoms with Crippen LogP contribution in [0.15, 0.2) is 47.4 Å². The zero-order valence-corrected chi connectivity index (χ0v) is 16.7. The molecule has 8 heteroatoms. The molecular formula is C19H24N2O5S. The number of aryl methyl sites for hydroxylation is 1. The predicted octanol–water partition coefficient (Wildman–Crippen LogP) is 2.20. The van der Waals surface area contributed by atoms with Gasteiger partial charge in [-0.3, -0.25) is 9.10 Å². The third kappa shape index (κ3) is 4.78. The highest BCUT2D eigenvalue weighted by Gasteiger charge is 2.23. The lowest BCUT2D eigenvalue weighted by atomic mass is 10.1. The highest BCUT2D eigenvalue weighted by molar-refractivity contribution is 7.92. The van der Waals surface area contributed by atoms with Crippen LogP contribution in [-0.4, -0.2) is 48.7 Å². The third-order valence-corrected chi connectivity index (χ3v) is 5.89. The Balaban J connectivity index is 2.24. The van der Waals surface area contributed by atoms with E-state index in [0.717, 1.165) is 0 Å². The molecule has 2 rings (SSSR count). The molecule has 0 radical (unpaired) electrons. The van der Waals surface area contributed by atoms with Crippen molar-refractivity contribution in [1.29, 1.82) is 0 Å². The summed E-state index contributed by atoms with van der Waals surface area (Å²) in [6.07, 6.45) is 0. The molecule has 7 nitrogen and oxygen atoms in total. The zero-order valence-electron chi connectivity index (χ0n) is 15.9. The summed E-state index contributed by atoms with van der Waals surface area (Å²) in [7, 11) is 0.836. The number of anilines is 1. The number of methoxy groups -OCH3 is 2. The molecule has 0 atom stereocenters. The minimum Gasteiger partial charge on any atom is -0.497 e. The molecule has 0 spiro atoms. The van der Waals surface area contributed by atoms with Crippen LogP contribution < -0.4 is 14.4 Å². The Labute approximate surface area is 160 Å². The molecule has 0 unspecified atom stereocenters. The number of nitrogens with zero attached hydrogens (tertiary/aromatic N) is 1. The maximum atomic E-state index is 12.9. The van der Waals surface area contributed by atoms with Gasteiger partial charge in [0.1, 0.15) is 5.75 Å². The normalized spacial score (nSPS) is 11.1. The second-order valence-electron chi connectivity index (χ2n) is 5.90. The molecule has 0 saturated heterocycles. The Bertz CT molecular complexity index is 895. The van der Waals surface area contributed by atoms with Gasteiger partial charge in [-0.15, -0.1) is 0 Å². The van der Waals surface area contributed by atoms with Gasteiger partial charge in [0.25, 0.3) is 15.9 Å². The van der Waals surface area contributed by atoms with Crippen LogP contribution in [0.25, 0.3) is 0 Å². The number of ether oxygens (including phenoxy) is 2. The fourth-order valence-electron chi connectivity index (χ4n) is 2.55. The first kappa shape index (κ1) is 20.7. The molecule has 0 aromatic heterocycles. The van der Waals surface area contributed by atoms with Crippen molar-refractivity contribution in [3.8, 4) is 5.75 Å². The van der Waals surface area contributed by atoms with Gasteiger partial charge in [-0.1, -0.05) is 0 Å². The molecule has 1 amide bonds. The van der Waals surface area contributed by atoms with Crippen LogP contribution >= 0.6 is 0 Å². The van der Waals surface area contributed by atoms with E-state index < -0.39 is 10.0 Å². The highest BCUT2D eigenvalue weighted by atomic mass is 32.2. The van der Waals surface area contributed by atoms with E-state index in [1.165, 1.54) is 30.6 Å². The van der Waals surface area contributed by atoms with Gasteiger partial charge in [0.15, 0.2) is 0 Å². The molecule has 2 aromatic carbocycles. The molecule has 27 heavy (non-hydrogen) atoms. The Morgan fingerprint density at radius 2 is 1.78 bits per heavy atom. The van der Waals surface area contributed by atoms with Gasteiger partial charge in [0.05, 0.1) is 24.3 Å². The van der Waals surface area contributed by atoms with Crippen molar-refractivity contribution < 1.29 is 22.7 Å². The summed E-state index contributed by atoms with van der Waals surface area (Å²) in [5.74, 6) is 0.346. The van der Waals surface area contributed by atoms with Crippen LogP contribution in [0.3, 0.4) is 0 Å². The molecule has 2 aromatic rings. The molecule has 0 fully saturated rings. The Morgan fingerprint density at radius 3 is 2.33 bits per heavy atom. The van der Waals surface area contributed by atoms with E-state index in [9.17, 15) is 13.2 Å². The third-order valence-electron chi connectivity index (χ3n) is 4.11. The topological polar surface area (TPSA) is 84.9 Å². The minimum absolute atomic E-state index is 0.159. The number of carbonyl (C=O) groups is 1. The number of amides is 1. The Morgan fingerprint density at radius 1 is 1.11 bits per heavy atom. The van der Waals surface area contributed by atoms with Gasteiger partial charge in [0, 0.05) is 26.3 Å². The van der Waals surface area contributed by atoms with E-state index in [4.69, 9.17) is 9.47 Å². The van der Waals surface area contributed by atoms with Crippen LogP contribution in [0.4, 0.5) is 5.69 Å². The lowest BCUT2D eigenvalue weighted by Gasteiger charge is -2.22. The van der Waals surface area contributed by atoms with Crippen molar-refractivity contribution in [2.24, 2.45) is 0 Å². The predicted molar refractivity (Wildman–Crippen MR) is 104 cm³/mol. The molecule has 0 bridgehead atoms. The van der Waals surface area contributed by atoms with Crippen molar-refractivity contribution in [3.63, 3.8) is 0 Å². The molecule has 0 aliphatic heterocycles. The van der Waals surface area contributed by atoms with Crippen molar-refractivity contribution >= 4 is 21.6 Å². The molecule has 1 N–H and O–H groups in total. The molecule has 0 heterocycles. The van der Waals surface area contributed by atoms with E-state index in [0.29, 0.717) is 35.7 Å². The second kappa shape index (κ2) is 8.88. The summed E-state index contributed by atoms with van der Waals surface area (Å²) in [5, 5.41) is 2.74. The van der Waals surface area contributed by atoms with Gasteiger partial charge >= 0.3 is 0 Å². The monoisotopic (exact) mass is 392 g/mol. The average Bonchev–Trinajstić information content (AvgIpc) is 2.67. The van der Waals surface area contributed by atoms with Crippen molar-refractivity contribution in [2.75, 3.05) is 38.7 Å². The van der Waals surface area contributed by atoms with Gasteiger partial charge in [-0.25, -0.2) is 8.42 Å². The van der Waals surface area contributed by atoms with E-state index in [1.54, 1.807) is 44.4 Å². The van der Waals surface area contributed by atoms with E-state index in [1.807, 2.05) is 0 Å². The highest BCUT2D eigenvalue weighted by Crippen LogP contribution is 2.27. The van der Waals surface area contributed by atoms with E-state index in [2.05, 4.69) is 5.32 Å². The van der Waals surface area contributed by atoms with Crippen molar-refractivity contribution in [2.45, 2.75) is 11.8 Å². The molecule has 0 aliphatic rings. The van der Waals surface area contributed by atoms with Gasteiger partial charge in [-0.2, -0.15) is 0 Å². The van der Waals surface area contributed by atoms with Crippen LogP contribution in [0.1, 0.15) is 15.9 Å². The number of carbonyl (C=O) groups excluding carboxylic acids is 1. The summed E-state index contributed by atoms with van der Waals surface area (Å²) in [6, 6.07) is 11.1. The zero-order chi connectivity index (χ0) is 20.0. The van der Waals surface area contributed by atoms with Crippen molar-refractivity contribution in [3.05, 3.63) is 53.6 Å². The first-order valence-corrected chi connectivity index (χ1v) is 9.76. The smallest absolute Gasteiger partial charge is 0.264 e. The lowest BCUT2D eigenvalue weighted by Crippen LogP contribution is -2.28. The number of hydrogen-bond acceptors (Lipinski definition) is 5. The van der Waals surface area contributed by atoms with Crippen LogP contribution in [0, 0.1) is 6.92 Å². The number of hydrogen-bond donors (Lipinski definition) is 1. The lowest BCUT2D eigenvalue weighted by molar-refractivity contribution is 0.0937. The molecule has 0 aliphatic carbocycles. The van der Waals surface area contributed by atoms with Gasteiger partial charge in [0.2, 0.25) is 0 Å². The number of rotatable bonds is 8. The summed E-state index contributed by atoms with van der Waals surface area (Å²) in [6.45, 7) is 2.59. The molecule has 0 saturated carbocycles. The molecular weight excluding hydrogens is 368 g/mol. The van der Waals surface area contributed by atoms with Gasteiger partial charge < -0.3 is 14.8 Å². The molecule has 146 valence electrons. The fraction of sp³-hybridized carbons (Fsp3) is 0.316. The van der Waals surface area contributed by atoms with Crippen LogP contribution in [0.2, 0.25) is 0 Å². The second-order valence-corrected chi connectivity index (χ2v) is 7.87. The number of sulfonamides is 1. The fourth-order valence-corrected chi connectivity index (χ4v) is 3.81. The number of benzene rings is 2. The summed E-state index contributed by atoms with van der Waals surface area (Å²) >= 11 is 0.